The zero-order valence-electron chi connectivity index (χ0n) is 9.74. The van der Waals surface area contributed by atoms with Crippen LogP contribution in [-0.2, 0) is 9.59 Å². The summed E-state index contributed by atoms with van der Waals surface area (Å²) in [4.78, 5) is 24.6. The van der Waals surface area contributed by atoms with Crippen LogP contribution in [-0.4, -0.2) is 29.3 Å². The van der Waals surface area contributed by atoms with E-state index in [0.717, 1.165) is 0 Å². The van der Waals surface area contributed by atoms with Crippen LogP contribution in [0.5, 0.6) is 0 Å². The van der Waals surface area contributed by atoms with Crippen molar-refractivity contribution in [2.45, 2.75) is 19.4 Å². The van der Waals surface area contributed by atoms with Crippen LogP contribution in [0.1, 0.15) is 13.3 Å². The first-order chi connectivity index (χ1) is 8.52. The van der Waals surface area contributed by atoms with E-state index in [0.29, 0.717) is 16.7 Å². The number of hydrogen-bond donors (Lipinski definition) is 1. The maximum Gasteiger partial charge on any atom is 0.252 e. The molecule has 1 heterocycles. The van der Waals surface area contributed by atoms with Crippen LogP contribution in [0.15, 0.2) is 22.7 Å². The van der Waals surface area contributed by atoms with Crippen LogP contribution in [0.2, 0.25) is 0 Å². The molecule has 0 aromatic heterocycles. The monoisotopic (exact) mass is 314 g/mol. The third kappa shape index (κ3) is 2.38. The highest BCUT2D eigenvalue weighted by molar-refractivity contribution is 9.10. The Kier molecular flexibility index (Phi) is 3.65. The lowest BCUT2D eigenvalue weighted by Crippen LogP contribution is -2.34. The zero-order valence-corrected chi connectivity index (χ0v) is 11.3. The predicted molar refractivity (Wildman–Crippen MR) is 68.5 cm³/mol. The number of likely N-dealkylation sites (tertiary alicyclic amines) is 1. The second-order valence-corrected chi connectivity index (χ2v) is 4.86. The van der Waals surface area contributed by atoms with E-state index in [1.165, 1.54) is 23.1 Å². The van der Waals surface area contributed by atoms with Crippen LogP contribution in [0.25, 0.3) is 0 Å². The summed E-state index contributed by atoms with van der Waals surface area (Å²) in [5, 5.41) is 2.96. The van der Waals surface area contributed by atoms with E-state index in [1.807, 2.05) is 0 Å². The number of hydrogen-bond acceptors (Lipinski definition) is 3. The van der Waals surface area contributed by atoms with E-state index in [-0.39, 0.29) is 24.1 Å². The smallest absolute Gasteiger partial charge is 0.252 e. The minimum atomic E-state index is -0.570. The van der Waals surface area contributed by atoms with Crippen molar-refractivity contribution in [3.63, 3.8) is 0 Å². The minimum Gasteiger partial charge on any atom is -0.372 e. The average molecular weight is 315 g/mol. The summed E-state index contributed by atoms with van der Waals surface area (Å²) in [7, 11) is 0. The van der Waals surface area contributed by atoms with Gasteiger partial charge in [-0.05, 0) is 41.1 Å². The van der Waals surface area contributed by atoms with Crippen molar-refractivity contribution in [1.29, 1.82) is 0 Å². The Morgan fingerprint density at radius 1 is 1.50 bits per heavy atom. The second-order valence-electron chi connectivity index (χ2n) is 4.00. The lowest BCUT2D eigenvalue weighted by molar-refractivity contribution is -0.138. The van der Waals surface area contributed by atoms with Gasteiger partial charge in [0, 0.05) is 16.7 Å². The molecule has 2 amide bonds. The fourth-order valence-corrected chi connectivity index (χ4v) is 2.39. The molecule has 4 nitrogen and oxygen atoms in total. The minimum absolute atomic E-state index is 0.135. The lowest BCUT2D eigenvalue weighted by atomic mass is 10.2. The maximum absolute atomic E-state index is 12.9. The van der Waals surface area contributed by atoms with Crippen molar-refractivity contribution >= 4 is 33.4 Å². The van der Waals surface area contributed by atoms with E-state index in [1.54, 1.807) is 6.92 Å². The molecule has 0 bridgehead atoms. The van der Waals surface area contributed by atoms with Gasteiger partial charge in [0.15, 0.2) is 0 Å². The highest BCUT2D eigenvalue weighted by Gasteiger charge is 2.37. The number of nitrogens with one attached hydrogen (secondary N) is 1. The summed E-state index contributed by atoms with van der Waals surface area (Å²) >= 11 is 3.21. The molecule has 1 unspecified atom stereocenters. The van der Waals surface area contributed by atoms with Crippen molar-refractivity contribution < 1.29 is 14.0 Å². The molecule has 0 radical (unpaired) electrons. The van der Waals surface area contributed by atoms with E-state index in [4.69, 9.17) is 0 Å². The Balaban J connectivity index is 2.15. The highest BCUT2D eigenvalue weighted by atomic mass is 79.9. The van der Waals surface area contributed by atoms with Gasteiger partial charge in [-0.15, -0.1) is 0 Å². The first-order valence-corrected chi connectivity index (χ1v) is 6.38. The SMILES string of the molecule is CCN1C(=O)CC(Nc2ccc(F)cc2Br)C1=O. The fraction of sp³-hybridized carbons (Fsp3) is 0.333. The molecule has 18 heavy (non-hydrogen) atoms. The van der Waals surface area contributed by atoms with Crippen molar-refractivity contribution in [2.24, 2.45) is 0 Å². The van der Waals surface area contributed by atoms with Crippen molar-refractivity contribution in [2.75, 3.05) is 11.9 Å². The van der Waals surface area contributed by atoms with Crippen LogP contribution < -0.4 is 5.32 Å². The van der Waals surface area contributed by atoms with Crippen molar-refractivity contribution in [3.05, 3.63) is 28.5 Å². The molecule has 0 saturated carbocycles. The molecule has 1 aromatic carbocycles. The van der Waals surface area contributed by atoms with E-state index in [2.05, 4.69) is 21.2 Å². The van der Waals surface area contributed by atoms with Gasteiger partial charge in [0.05, 0.1) is 6.42 Å². The molecule has 1 atom stereocenters. The number of nitrogens with zero attached hydrogens (tertiary/aromatic N) is 1. The predicted octanol–water partition coefficient (Wildman–Crippen LogP) is 2.15. The van der Waals surface area contributed by atoms with E-state index >= 15 is 0 Å². The summed E-state index contributed by atoms with van der Waals surface area (Å²) in [5.41, 5.74) is 0.598. The number of likely N-dealkylation sites (N-methyl/N-ethyl adjacent to an activating group) is 1. The average Bonchev–Trinajstić information content (AvgIpc) is 2.58. The third-order valence-electron chi connectivity index (χ3n) is 2.82. The molecule has 1 N–H and O–H groups in total. The van der Waals surface area contributed by atoms with Gasteiger partial charge >= 0.3 is 0 Å². The number of carbonyl (C=O) groups excluding carboxylic acids is 2. The summed E-state index contributed by atoms with van der Waals surface area (Å²) in [6.45, 7) is 2.13. The first-order valence-electron chi connectivity index (χ1n) is 5.58. The van der Waals surface area contributed by atoms with Crippen LogP contribution >= 0.6 is 15.9 Å². The number of benzene rings is 1. The Morgan fingerprint density at radius 3 is 2.78 bits per heavy atom. The Morgan fingerprint density at radius 2 is 2.22 bits per heavy atom. The van der Waals surface area contributed by atoms with Gasteiger partial charge in [-0.3, -0.25) is 14.5 Å². The molecule has 1 aliphatic rings. The molecule has 6 heteroatoms. The molecule has 1 saturated heterocycles. The van der Waals surface area contributed by atoms with Gasteiger partial charge in [0.25, 0.3) is 5.91 Å². The Labute approximate surface area is 112 Å². The summed E-state index contributed by atoms with van der Waals surface area (Å²) in [6.07, 6.45) is 0.135. The molecule has 0 spiro atoms. The molecule has 1 aromatic rings. The number of halogens is 2. The zero-order chi connectivity index (χ0) is 13.3. The molecule has 2 rings (SSSR count). The number of rotatable bonds is 3. The van der Waals surface area contributed by atoms with E-state index in [9.17, 15) is 14.0 Å². The number of imide groups is 1. The number of anilines is 1. The van der Waals surface area contributed by atoms with Crippen LogP contribution in [0, 0.1) is 5.82 Å². The quantitative estimate of drug-likeness (QED) is 0.870. The van der Waals surface area contributed by atoms with Gasteiger partial charge in [0.2, 0.25) is 5.91 Å². The molecule has 96 valence electrons. The van der Waals surface area contributed by atoms with Crippen LogP contribution in [0.4, 0.5) is 10.1 Å². The fourth-order valence-electron chi connectivity index (χ4n) is 1.92. The third-order valence-corrected chi connectivity index (χ3v) is 3.48. The summed E-state index contributed by atoms with van der Waals surface area (Å²) in [5.74, 6) is -0.784. The van der Waals surface area contributed by atoms with Crippen molar-refractivity contribution in [3.8, 4) is 0 Å². The summed E-state index contributed by atoms with van der Waals surface area (Å²) < 4.78 is 13.5. The normalized spacial score (nSPS) is 19.5. The van der Waals surface area contributed by atoms with Gasteiger partial charge in [-0.1, -0.05) is 0 Å². The largest absolute Gasteiger partial charge is 0.372 e. The maximum atomic E-state index is 12.9. The van der Waals surface area contributed by atoms with Crippen LogP contribution in [0.3, 0.4) is 0 Å². The van der Waals surface area contributed by atoms with Gasteiger partial charge in [0.1, 0.15) is 11.9 Å². The molecular weight excluding hydrogens is 303 g/mol. The van der Waals surface area contributed by atoms with Gasteiger partial charge in [-0.2, -0.15) is 0 Å². The summed E-state index contributed by atoms with van der Waals surface area (Å²) in [6, 6.07) is 3.57. The van der Waals surface area contributed by atoms with Crippen molar-refractivity contribution in [1.82, 2.24) is 4.90 Å². The standard InChI is InChI=1S/C12H12BrFN2O2/c1-2-16-11(17)6-10(12(16)18)15-9-4-3-7(14)5-8(9)13/h3-5,10,15H,2,6H2,1H3. The lowest BCUT2D eigenvalue weighted by Gasteiger charge is -2.15. The second kappa shape index (κ2) is 5.06. The Hall–Kier alpha value is -1.43. The number of carbonyl (C=O) groups is 2. The Bertz CT molecular complexity index is 507. The first kappa shape index (κ1) is 13.0. The molecule has 1 aliphatic heterocycles. The molecule has 1 fully saturated rings. The highest BCUT2D eigenvalue weighted by Crippen LogP contribution is 2.26. The number of amides is 2. The van der Waals surface area contributed by atoms with Gasteiger partial charge in [-0.25, -0.2) is 4.39 Å². The molecule has 0 aliphatic carbocycles. The topological polar surface area (TPSA) is 49.4 Å². The molecular formula is C12H12BrFN2O2. The van der Waals surface area contributed by atoms with Gasteiger partial charge < -0.3 is 5.32 Å². The van der Waals surface area contributed by atoms with E-state index < -0.39 is 6.04 Å².